The highest BCUT2D eigenvalue weighted by Gasteiger charge is 2.25. The molecule has 1 fully saturated rings. The number of benzene rings is 2. The summed E-state index contributed by atoms with van der Waals surface area (Å²) in [6, 6.07) is 15.0. The Morgan fingerprint density at radius 1 is 1.09 bits per heavy atom. The first kappa shape index (κ1) is 23.4. The van der Waals surface area contributed by atoms with Crippen LogP contribution in [0, 0.1) is 0 Å². The van der Waals surface area contributed by atoms with Gasteiger partial charge in [0.25, 0.3) is 10.0 Å². The Balaban J connectivity index is 1.65. The van der Waals surface area contributed by atoms with Crippen molar-refractivity contribution < 1.29 is 27.1 Å². The van der Waals surface area contributed by atoms with E-state index >= 15 is 0 Å². The molecule has 178 valence electrons. The summed E-state index contributed by atoms with van der Waals surface area (Å²) in [5.74, 6) is 0.505. The molecule has 0 radical (unpaired) electrons. The molecule has 10 heteroatoms. The molecule has 0 unspecified atom stereocenters. The first-order valence-electron chi connectivity index (χ1n) is 10.6. The number of amides is 1. The topological polar surface area (TPSA) is 110 Å². The van der Waals surface area contributed by atoms with Crippen LogP contribution in [0.2, 0.25) is 0 Å². The molecule has 9 nitrogen and oxygen atoms in total. The number of carbonyl (C=O) groups excluding carboxylic acids is 1. The highest BCUT2D eigenvalue weighted by Crippen LogP contribution is 2.33. The van der Waals surface area contributed by atoms with Gasteiger partial charge in [0.2, 0.25) is 5.91 Å². The number of nitrogens with zero attached hydrogens (tertiary/aromatic N) is 1. The number of furan rings is 1. The lowest BCUT2D eigenvalue weighted by atomic mass is 10.2. The second-order valence-corrected chi connectivity index (χ2v) is 9.08. The molecule has 0 atom stereocenters. The number of anilines is 3. The number of ether oxygens (including phenoxy) is 2. The zero-order valence-corrected chi connectivity index (χ0v) is 19.4. The molecule has 1 saturated heterocycles. The van der Waals surface area contributed by atoms with Gasteiger partial charge in [0, 0.05) is 24.9 Å². The number of nitrogens with one attached hydrogen (secondary N) is 2. The Hall–Kier alpha value is -3.76. The lowest BCUT2D eigenvalue weighted by molar-refractivity contribution is -0.111. The van der Waals surface area contributed by atoms with E-state index in [0.29, 0.717) is 54.9 Å². The third-order valence-electron chi connectivity index (χ3n) is 5.16. The Morgan fingerprint density at radius 3 is 2.62 bits per heavy atom. The minimum absolute atomic E-state index is 0.0353. The molecule has 1 aromatic heterocycles. The molecule has 0 spiro atoms. The van der Waals surface area contributed by atoms with Gasteiger partial charge in [0.05, 0.1) is 38.0 Å². The second-order valence-electron chi connectivity index (χ2n) is 7.43. The van der Waals surface area contributed by atoms with Crippen LogP contribution in [0.5, 0.6) is 5.75 Å². The summed E-state index contributed by atoms with van der Waals surface area (Å²) in [5.41, 5.74) is 1.18. The number of carbonyl (C=O) groups is 1. The third-order valence-corrected chi connectivity index (χ3v) is 6.56. The minimum atomic E-state index is -4.03. The van der Waals surface area contributed by atoms with Gasteiger partial charge in [-0.25, -0.2) is 8.42 Å². The van der Waals surface area contributed by atoms with Crippen molar-refractivity contribution in [2.45, 2.75) is 4.90 Å². The van der Waals surface area contributed by atoms with E-state index in [9.17, 15) is 13.2 Å². The van der Waals surface area contributed by atoms with Gasteiger partial charge in [-0.2, -0.15) is 0 Å². The van der Waals surface area contributed by atoms with E-state index in [-0.39, 0.29) is 4.90 Å². The SMILES string of the molecule is COc1ccccc1NS(=O)(=O)c1cc(NC(=O)/C=C/c2ccco2)ccc1N1CCOCC1. The van der Waals surface area contributed by atoms with E-state index < -0.39 is 15.9 Å². The molecule has 3 aromatic rings. The van der Waals surface area contributed by atoms with E-state index in [1.165, 1.54) is 31.6 Å². The summed E-state index contributed by atoms with van der Waals surface area (Å²) in [6.45, 7) is 2.09. The predicted octanol–water partition coefficient (Wildman–Crippen LogP) is 3.58. The Labute approximate surface area is 198 Å². The van der Waals surface area contributed by atoms with Crippen molar-refractivity contribution in [2.75, 3.05) is 48.4 Å². The van der Waals surface area contributed by atoms with Crippen molar-refractivity contribution >= 4 is 39.1 Å². The van der Waals surface area contributed by atoms with Crippen LogP contribution in [0.25, 0.3) is 6.08 Å². The van der Waals surface area contributed by atoms with E-state index in [0.717, 1.165) is 0 Å². The molecule has 1 aliphatic heterocycles. The molecule has 1 amide bonds. The standard InChI is InChI=1S/C24H25N3O6S/c1-31-22-7-3-2-6-20(22)26-34(29,30)23-17-18(8-10-21(23)27-12-15-32-16-13-27)25-24(28)11-9-19-5-4-14-33-19/h2-11,14,17,26H,12-13,15-16H2,1H3,(H,25,28)/b11-9+. The summed E-state index contributed by atoms with van der Waals surface area (Å²) in [6.07, 6.45) is 4.35. The average molecular weight is 484 g/mol. The van der Waals surface area contributed by atoms with E-state index in [1.807, 2.05) is 4.90 Å². The molecule has 4 rings (SSSR count). The van der Waals surface area contributed by atoms with Gasteiger partial charge in [-0.05, 0) is 48.5 Å². The first-order chi connectivity index (χ1) is 16.5. The molecule has 34 heavy (non-hydrogen) atoms. The smallest absolute Gasteiger partial charge is 0.264 e. The summed E-state index contributed by atoms with van der Waals surface area (Å²) < 4.78 is 45.5. The lowest BCUT2D eigenvalue weighted by Gasteiger charge is -2.30. The quantitative estimate of drug-likeness (QED) is 0.471. The Kier molecular flexibility index (Phi) is 7.19. The third kappa shape index (κ3) is 5.59. The van der Waals surface area contributed by atoms with Crippen LogP contribution < -0.4 is 19.7 Å². The molecule has 0 saturated carbocycles. The molecular weight excluding hydrogens is 458 g/mol. The van der Waals surface area contributed by atoms with Gasteiger partial charge in [0.15, 0.2) is 0 Å². The molecule has 2 heterocycles. The molecule has 0 aliphatic carbocycles. The van der Waals surface area contributed by atoms with Gasteiger partial charge >= 0.3 is 0 Å². The van der Waals surface area contributed by atoms with Gasteiger partial charge in [-0.1, -0.05) is 12.1 Å². The summed E-state index contributed by atoms with van der Waals surface area (Å²) >= 11 is 0. The minimum Gasteiger partial charge on any atom is -0.495 e. The zero-order chi connectivity index (χ0) is 24.0. The van der Waals surface area contributed by atoms with Crippen LogP contribution in [-0.4, -0.2) is 47.7 Å². The van der Waals surface area contributed by atoms with Crippen LogP contribution in [0.3, 0.4) is 0 Å². The number of hydrogen-bond donors (Lipinski definition) is 2. The van der Waals surface area contributed by atoms with Crippen LogP contribution in [0.4, 0.5) is 17.1 Å². The second kappa shape index (κ2) is 10.4. The number of hydrogen-bond acceptors (Lipinski definition) is 7. The van der Waals surface area contributed by atoms with Crippen molar-refractivity contribution in [1.29, 1.82) is 0 Å². The Morgan fingerprint density at radius 2 is 1.88 bits per heavy atom. The zero-order valence-electron chi connectivity index (χ0n) is 18.6. The van der Waals surface area contributed by atoms with Gasteiger partial charge < -0.3 is 24.1 Å². The fourth-order valence-electron chi connectivity index (χ4n) is 3.53. The Bertz CT molecular complexity index is 1270. The van der Waals surface area contributed by atoms with Crippen molar-refractivity contribution in [3.63, 3.8) is 0 Å². The van der Waals surface area contributed by atoms with Crippen LogP contribution in [-0.2, 0) is 19.6 Å². The maximum Gasteiger partial charge on any atom is 0.264 e. The van der Waals surface area contributed by atoms with Crippen molar-refractivity contribution in [3.8, 4) is 5.75 Å². The molecule has 2 N–H and O–H groups in total. The van der Waals surface area contributed by atoms with Crippen molar-refractivity contribution in [1.82, 2.24) is 0 Å². The molecule has 2 aromatic carbocycles. The van der Waals surface area contributed by atoms with E-state index in [1.54, 1.807) is 48.5 Å². The fourth-order valence-corrected chi connectivity index (χ4v) is 4.85. The molecule has 0 bridgehead atoms. The maximum atomic E-state index is 13.5. The van der Waals surface area contributed by atoms with Crippen molar-refractivity contribution in [2.24, 2.45) is 0 Å². The lowest BCUT2D eigenvalue weighted by Crippen LogP contribution is -2.37. The van der Waals surface area contributed by atoms with E-state index in [4.69, 9.17) is 13.9 Å². The normalized spacial score (nSPS) is 14.2. The average Bonchev–Trinajstić information content (AvgIpc) is 3.37. The summed E-state index contributed by atoms with van der Waals surface area (Å²) in [4.78, 5) is 14.4. The van der Waals surface area contributed by atoms with Gasteiger partial charge in [-0.15, -0.1) is 0 Å². The monoisotopic (exact) mass is 483 g/mol. The highest BCUT2D eigenvalue weighted by molar-refractivity contribution is 7.93. The number of methoxy groups -OCH3 is 1. The van der Waals surface area contributed by atoms with Crippen molar-refractivity contribution in [3.05, 3.63) is 72.7 Å². The number of para-hydroxylation sites is 2. The van der Waals surface area contributed by atoms with E-state index in [2.05, 4.69) is 10.0 Å². The predicted molar refractivity (Wildman–Crippen MR) is 130 cm³/mol. The first-order valence-corrected chi connectivity index (χ1v) is 12.1. The number of rotatable bonds is 8. The number of morpholine rings is 1. The highest BCUT2D eigenvalue weighted by atomic mass is 32.2. The van der Waals surface area contributed by atoms with Crippen LogP contribution in [0.1, 0.15) is 5.76 Å². The summed E-state index contributed by atoms with van der Waals surface area (Å²) in [5, 5.41) is 2.71. The number of sulfonamides is 1. The fraction of sp³-hybridized carbons (Fsp3) is 0.208. The van der Waals surface area contributed by atoms with Crippen LogP contribution in [0.15, 0.2) is 76.2 Å². The largest absolute Gasteiger partial charge is 0.495 e. The van der Waals surface area contributed by atoms with Gasteiger partial charge in [-0.3, -0.25) is 9.52 Å². The maximum absolute atomic E-state index is 13.5. The molecular formula is C24H25N3O6S. The van der Waals surface area contributed by atoms with Crippen LogP contribution >= 0.6 is 0 Å². The summed E-state index contributed by atoms with van der Waals surface area (Å²) in [7, 11) is -2.56. The molecule has 1 aliphatic rings. The van der Waals surface area contributed by atoms with Gasteiger partial charge in [0.1, 0.15) is 16.4 Å².